The molecule has 21 heavy (non-hydrogen) atoms. The maximum absolute atomic E-state index is 13.7. The Morgan fingerprint density at radius 3 is 2.19 bits per heavy atom. The van der Waals surface area contributed by atoms with Crippen LogP contribution in [-0.4, -0.2) is 31.0 Å². The van der Waals surface area contributed by atoms with Gasteiger partial charge in [0, 0.05) is 13.0 Å². The van der Waals surface area contributed by atoms with Crippen molar-refractivity contribution < 1.29 is 30.8 Å². The van der Waals surface area contributed by atoms with Crippen LogP contribution in [-0.2, 0) is 15.0 Å². The molecule has 0 aliphatic carbocycles. The van der Waals surface area contributed by atoms with Gasteiger partial charge in [0.05, 0.1) is 17.1 Å². The van der Waals surface area contributed by atoms with E-state index in [1.165, 1.54) is 0 Å². The minimum absolute atomic E-state index is 0.392. The van der Waals surface area contributed by atoms with Gasteiger partial charge in [0.15, 0.2) is 11.6 Å². The van der Waals surface area contributed by atoms with Crippen LogP contribution in [0.5, 0.6) is 0 Å². The molecule has 1 aliphatic heterocycles. The number of hydrogen-bond donors (Lipinski definition) is 0. The second kappa shape index (κ2) is 4.98. The molecule has 114 valence electrons. The first-order valence-electron chi connectivity index (χ1n) is 5.48. The van der Waals surface area contributed by atoms with Crippen molar-refractivity contribution in [3.8, 4) is 0 Å². The predicted octanol–water partition coefficient (Wildman–Crippen LogP) is 1.28. The zero-order chi connectivity index (χ0) is 15.9. The van der Waals surface area contributed by atoms with Crippen molar-refractivity contribution in [3.63, 3.8) is 0 Å². The maximum atomic E-state index is 13.7. The average molecular weight is 324 g/mol. The molecule has 0 aromatic heterocycles. The lowest BCUT2D eigenvalue weighted by atomic mass is 10.2. The Morgan fingerprint density at radius 2 is 1.81 bits per heavy atom. The Morgan fingerprint density at radius 1 is 1.29 bits per heavy atom. The van der Waals surface area contributed by atoms with Crippen molar-refractivity contribution in [1.29, 1.82) is 0 Å². The van der Waals surface area contributed by atoms with E-state index in [0.717, 1.165) is 0 Å². The van der Waals surface area contributed by atoms with Crippen molar-refractivity contribution in [1.82, 2.24) is 0 Å². The van der Waals surface area contributed by atoms with Gasteiger partial charge >= 0.3 is 10.2 Å². The molecule has 11 heteroatoms. The fourth-order valence-electron chi connectivity index (χ4n) is 1.99. The van der Waals surface area contributed by atoms with Crippen molar-refractivity contribution in [2.75, 3.05) is 11.4 Å². The summed E-state index contributed by atoms with van der Waals surface area (Å²) in [6.45, 7) is -0.761. The highest BCUT2D eigenvalue weighted by Crippen LogP contribution is 2.32. The lowest BCUT2D eigenvalue weighted by Gasteiger charge is -2.17. The van der Waals surface area contributed by atoms with Crippen LogP contribution in [0.3, 0.4) is 0 Å². The van der Waals surface area contributed by atoms with Gasteiger partial charge in [-0.2, -0.15) is 8.42 Å². The van der Waals surface area contributed by atoms with Crippen molar-refractivity contribution in [2.24, 2.45) is 0 Å². The summed E-state index contributed by atoms with van der Waals surface area (Å²) >= 11 is 0. The van der Waals surface area contributed by atoms with Crippen molar-refractivity contribution in [2.45, 2.75) is 11.7 Å². The average Bonchev–Trinajstić information content (AvgIpc) is 2.70. The number of halogens is 3. The Hall–Kier alpha value is -2.17. The molecule has 1 heterocycles. The highest BCUT2D eigenvalue weighted by molar-refractivity contribution is 7.87. The van der Waals surface area contributed by atoms with Gasteiger partial charge in [-0.1, -0.05) is 0 Å². The Kier molecular flexibility index (Phi) is 3.61. The fraction of sp³-hybridized carbons (Fsp3) is 0.300. The van der Waals surface area contributed by atoms with Gasteiger partial charge in [-0.3, -0.25) is 14.9 Å². The summed E-state index contributed by atoms with van der Waals surface area (Å²) in [5.41, 5.74) is -1.80. The predicted molar refractivity (Wildman–Crippen MR) is 63.8 cm³/mol. The summed E-state index contributed by atoms with van der Waals surface area (Å²) < 4.78 is 61.8. The first-order chi connectivity index (χ1) is 9.61. The smallest absolute Gasteiger partial charge is 0.306 e. The van der Waals surface area contributed by atoms with Gasteiger partial charge in [0.1, 0.15) is 10.9 Å². The van der Waals surface area contributed by atoms with Gasteiger partial charge in [0.2, 0.25) is 5.91 Å². The largest absolute Gasteiger partial charge is 0.307 e. The molecule has 1 saturated heterocycles. The zero-order valence-electron chi connectivity index (χ0n) is 10.1. The number of anilines is 1. The third-order valence-corrected chi connectivity index (χ3v) is 4.08. The third-order valence-electron chi connectivity index (χ3n) is 2.97. The summed E-state index contributed by atoms with van der Waals surface area (Å²) in [4.78, 5) is 21.4. The summed E-state index contributed by atoms with van der Waals surface area (Å²) in [6.07, 6.45) is -0.755. The van der Waals surface area contributed by atoms with Crippen LogP contribution in [0, 0.1) is 21.7 Å². The van der Waals surface area contributed by atoms with E-state index < -0.39 is 62.3 Å². The van der Waals surface area contributed by atoms with Crippen molar-refractivity contribution in [3.05, 3.63) is 33.9 Å². The summed E-state index contributed by atoms with van der Waals surface area (Å²) in [5, 5.41) is 8.73. The van der Waals surface area contributed by atoms with Crippen LogP contribution in [0.25, 0.3) is 0 Å². The fourth-order valence-corrected chi connectivity index (χ4v) is 2.66. The quantitative estimate of drug-likeness (QED) is 0.474. The Labute approximate surface area is 116 Å². The molecule has 0 radical (unpaired) electrons. The molecule has 1 fully saturated rings. The Bertz CT molecular complexity index is 713. The van der Waals surface area contributed by atoms with E-state index in [1.807, 2.05) is 0 Å². The number of non-ortho nitro benzene ring substituents is 1. The molecule has 1 amide bonds. The molecule has 1 aliphatic rings. The van der Waals surface area contributed by atoms with Crippen LogP contribution < -0.4 is 4.90 Å². The highest BCUT2D eigenvalue weighted by Gasteiger charge is 2.41. The lowest BCUT2D eigenvalue weighted by Crippen LogP contribution is -2.28. The third kappa shape index (κ3) is 2.82. The van der Waals surface area contributed by atoms with Crippen LogP contribution in [0.2, 0.25) is 0 Å². The minimum atomic E-state index is -5.04. The van der Waals surface area contributed by atoms with Crippen LogP contribution in [0.4, 0.5) is 24.0 Å². The topological polar surface area (TPSA) is 97.6 Å². The monoisotopic (exact) mass is 324 g/mol. The molecule has 1 aromatic carbocycles. The molecule has 2 rings (SSSR count). The van der Waals surface area contributed by atoms with Gasteiger partial charge in [-0.05, 0) is 0 Å². The molecule has 1 aromatic rings. The van der Waals surface area contributed by atoms with Crippen LogP contribution in [0.1, 0.15) is 6.42 Å². The number of carbonyl (C=O) groups is 1. The van der Waals surface area contributed by atoms with E-state index in [-0.39, 0.29) is 0 Å². The van der Waals surface area contributed by atoms with E-state index >= 15 is 0 Å². The molecule has 1 unspecified atom stereocenters. The second-order valence-corrected chi connectivity index (χ2v) is 5.94. The number of amides is 1. The highest BCUT2D eigenvalue weighted by atomic mass is 32.3. The molecule has 0 spiro atoms. The van der Waals surface area contributed by atoms with E-state index in [1.54, 1.807) is 0 Å². The van der Waals surface area contributed by atoms with Crippen LogP contribution >= 0.6 is 0 Å². The molecule has 0 saturated carbocycles. The molecule has 0 bridgehead atoms. The molecule has 7 nitrogen and oxygen atoms in total. The number of rotatable bonds is 3. The Balaban J connectivity index is 2.44. The van der Waals surface area contributed by atoms with E-state index in [0.29, 0.717) is 17.0 Å². The van der Waals surface area contributed by atoms with E-state index in [9.17, 15) is 36.0 Å². The number of hydrogen-bond acceptors (Lipinski definition) is 5. The lowest BCUT2D eigenvalue weighted by molar-refractivity contribution is -0.385. The molecular formula is C10H7F3N2O5S. The number of benzene rings is 1. The van der Waals surface area contributed by atoms with E-state index in [2.05, 4.69) is 0 Å². The first-order valence-corrected chi connectivity index (χ1v) is 6.93. The molecule has 1 atom stereocenters. The number of nitro benzene ring substituents is 1. The minimum Gasteiger partial charge on any atom is -0.306 e. The number of nitrogens with zero attached hydrogens (tertiary/aromatic N) is 2. The summed E-state index contributed by atoms with van der Waals surface area (Å²) in [6, 6.07) is 0.784. The summed E-state index contributed by atoms with van der Waals surface area (Å²) in [7, 11) is -5.04. The van der Waals surface area contributed by atoms with Gasteiger partial charge in [0.25, 0.3) is 5.69 Å². The standard InChI is InChI=1S/C10H7F3N2O5S/c11-7-1-5(15(17)18)2-8(12)10(7)14-4-6(3-9(14)16)21(13,19)20/h1-2,6H,3-4H2. The normalized spacial score (nSPS) is 19.1. The summed E-state index contributed by atoms with van der Waals surface area (Å²) in [5.74, 6) is -3.81. The molecule has 0 N–H and O–H groups in total. The van der Waals surface area contributed by atoms with Crippen LogP contribution in [0.15, 0.2) is 12.1 Å². The molecular weight excluding hydrogens is 317 g/mol. The second-order valence-electron chi connectivity index (χ2n) is 4.32. The first kappa shape index (κ1) is 15.2. The van der Waals surface area contributed by atoms with Crippen molar-refractivity contribution >= 4 is 27.5 Å². The number of carbonyl (C=O) groups excluding carboxylic acids is 1. The van der Waals surface area contributed by atoms with Gasteiger partial charge < -0.3 is 4.90 Å². The number of nitro groups is 1. The van der Waals surface area contributed by atoms with Gasteiger partial charge in [-0.15, -0.1) is 3.89 Å². The zero-order valence-corrected chi connectivity index (χ0v) is 10.9. The van der Waals surface area contributed by atoms with Gasteiger partial charge in [-0.25, -0.2) is 8.78 Å². The SMILES string of the molecule is O=C1CC(S(=O)(=O)F)CN1c1c(F)cc([N+](=O)[O-])cc1F. The van der Waals surface area contributed by atoms with E-state index in [4.69, 9.17) is 0 Å². The maximum Gasteiger partial charge on any atom is 0.307 e.